The number of esters is 1. The summed E-state index contributed by atoms with van der Waals surface area (Å²) >= 11 is 0. The molecule has 2 heterocycles. The molecule has 1 fully saturated rings. The standard InChI is InChI=1S/C23H22N2O6/c1-30-20(26)13-19-18(25-21(27)16-9-5-6-10-17(16)22(25)28)11-12-24(19)23(29)31-14-15-7-3-2-4-8-15/h2-10,18-19H,11-14H2,1H3/t18-,19+/m0/s1. The van der Waals surface area contributed by atoms with Gasteiger partial charge in [0, 0.05) is 6.54 Å². The van der Waals surface area contributed by atoms with Crippen molar-refractivity contribution >= 4 is 23.9 Å². The number of rotatable bonds is 5. The fourth-order valence-corrected chi connectivity index (χ4v) is 4.18. The summed E-state index contributed by atoms with van der Waals surface area (Å²) in [6, 6.07) is 14.5. The molecule has 8 heteroatoms. The normalized spacial score (nSPS) is 20.0. The molecule has 2 aliphatic rings. The molecule has 2 aromatic carbocycles. The highest BCUT2D eigenvalue weighted by Crippen LogP contribution is 2.33. The van der Waals surface area contributed by atoms with Gasteiger partial charge in [0.1, 0.15) is 6.61 Å². The van der Waals surface area contributed by atoms with Crippen molar-refractivity contribution in [2.45, 2.75) is 31.5 Å². The van der Waals surface area contributed by atoms with E-state index in [1.165, 1.54) is 16.9 Å². The molecular weight excluding hydrogens is 400 g/mol. The van der Waals surface area contributed by atoms with Crippen LogP contribution in [0, 0.1) is 0 Å². The Hall–Kier alpha value is -3.68. The van der Waals surface area contributed by atoms with Crippen molar-refractivity contribution in [2.24, 2.45) is 0 Å². The number of amides is 3. The highest BCUT2D eigenvalue weighted by Gasteiger charge is 2.49. The monoisotopic (exact) mass is 422 g/mol. The maximum atomic E-state index is 12.9. The van der Waals surface area contributed by atoms with Gasteiger partial charge in [0.2, 0.25) is 0 Å². The number of ether oxygens (including phenoxy) is 2. The van der Waals surface area contributed by atoms with Crippen LogP contribution in [0.5, 0.6) is 0 Å². The lowest BCUT2D eigenvalue weighted by Crippen LogP contribution is -2.50. The van der Waals surface area contributed by atoms with Gasteiger partial charge in [-0.25, -0.2) is 4.79 Å². The van der Waals surface area contributed by atoms with E-state index < -0.39 is 36.0 Å². The number of imide groups is 1. The lowest BCUT2D eigenvalue weighted by atomic mass is 10.0. The first kappa shape index (κ1) is 20.6. The van der Waals surface area contributed by atoms with Gasteiger partial charge < -0.3 is 14.4 Å². The van der Waals surface area contributed by atoms with Gasteiger partial charge in [0.05, 0.1) is 36.7 Å². The van der Waals surface area contributed by atoms with Crippen molar-refractivity contribution < 1.29 is 28.7 Å². The Bertz CT molecular complexity index is 987. The third kappa shape index (κ3) is 3.88. The third-order valence-electron chi connectivity index (χ3n) is 5.71. The largest absolute Gasteiger partial charge is 0.469 e. The van der Waals surface area contributed by atoms with Gasteiger partial charge in [-0.15, -0.1) is 0 Å². The summed E-state index contributed by atoms with van der Waals surface area (Å²) in [5.41, 5.74) is 1.49. The van der Waals surface area contributed by atoms with Gasteiger partial charge in [0.25, 0.3) is 11.8 Å². The summed E-state index contributed by atoms with van der Waals surface area (Å²) in [5.74, 6) is -1.37. The number of fused-ring (bicyclic) bond motifs is 1. The molecule has 2 atom stereocenters. The molecule has 0 unspecified atom stereocenters. The molecule has 160 valence electrons. The van der Waals surface area contributed by atoms with Crippen LogP contribution in [0.4, 0.5) is 4.79 Å². The Morgan fingerprint density at radius 3 is 2.19 bits per heavy atom. The average molecular weight is 422 g/mol. The topological polar surface area (TPSA) is 93.2 Å². The van der Waals surface area contributed by atoms with Crippen LogP contribution in [0.1, 0.15) is 39.1 Å². The Morgan fingerprint density at radius 1 is 0.968 bits per heavy atom. The Labute approximate surface area is 179 Å². The molecule has 2 aromatic rings. The van der Waals surface area contributed by atoms with Crippen molar-refractivity contribution in [3.63, 3.8) is 0 Å². The van der Waals surface area contributed by atoms with Crippen LogP contribution in [0.15, 0.2) is 54.6 Å². The van der Waals surface area contributed by atoms with Crippen LogP contribution in [0.2, 0.25) is 0 Å². The SMILES string of the molecule is COC(=O)C[C@@H]1[C@@H](N2C(=O)c3ccccc3C2=O)CCN1C(=O)OCc1ccccc1. The minimum atomic E-state index is -0.724. The molecule has 8 nitrogen and oxygen atoms in total. The Balaban J connectivity index is 1.54. The van der Waals surface area contributed by atoms with Gasteiger partial charge >= 0.3 is 12.1 Å². The highest BCUT2D eigenvalue weighted by molar-refractivity contribution is 6.21. The number of likely N-dealkylation sites (tertiary alicyclic amines) is 1. The summed E-state index contributed by atoms with van der Waals surface area (Å²) in [6.07, 6.45) is -0.389. The van der Waals surface area contributed by atoms with E-state index in [0.29, 0.717) is 17.5 Å². The first-order valence-electron chi connectivity index (χ1n) is 10.0. The van der Waals surface area contributed by atoms with Crippen molar-refractivity contribution in [1.82, 2.24) is 9.80 Å². The average Bonchev–Trinajstić information content (AvgIpc) is 3.31. The van der Waals surface area contributed by atoms with Crippen LogP contribution in [0.25, 0.3) is 0 Å². The molecule has 31 heavy (non-hydrogen) atoms. The van der Waals surface area contributed by atoms with E-state index in [1.807, 2.05) is 30.3 Å². The molecule has 0 N–H and O–H groups in total. The number of hydrogen-bond donors (Lipinski definition) is 0. The minimum Gasteiger partial charge on any atom is -0.469 e. The third-order valence-corrected chi connectivity index (χ3v) is 5.71. The molecule has 3 amide bonds. The molecule has 0 spiro atoms. The zero-order valence-electron chi connectivity index (χ0n) is 17.0. The Kier molecular flexibility index (Phi) is 5.70. The Morgan fingerprint density at radius 2 is 1.58 bits per heavy atom. The first-order chi connectivity index (χ1) is 15.0. The summed E-state index contributed by atoms with van der Waals surface area (Å²) in [4.78, 5) is 53.3. The zero-order chi connectivity index (χ0) is 22.0. The van der Waals surface area contributed by atoms with Gasteiger partial charge in [0.15, 0.2) is 0 Å². The predicted molar refractivity (Wildman–Crippen MR) is 109 cm³/mol. The maximum absolute atomic E-state index is 12.9. The van der Waals surface area contributed by atoms with Crippen LogP contribution in [0.3, 0.4) is 0 Å². The molecule has 0 bridgehead atoms. The van der Waals surface area contributed by atoms with E-state index in [4.69, 9.17) is 9.47 Å². The van der Waals surface area contributed by atoms with E-state index in [0.717, 1.165) is 5.56 Å². The van der Waals surface area contributed by atoms with E-state index in [1.54, 1.807) is 24.3 Å². The van der Waals surface area contributed by atoms with Crippen molar-refractivity contribution in [3.05, 3.63) is 71.3 Å². The van der Waals surface area contributed by atoms with Crippen LogP contribution < -0.4 is 0 Å². The maximum Gasteiger partial charge on any atom is 0.410 e. The predicted octanol–water partition coefficient (Wildman–Crippen LogP) is 2.63. The van der Waals surface area contributed by atoms with Crippen molar-refractivity contribution in [2.75, 3.05) is 13.7 Å². The molecule has 4 rings (SSSR count). The zero-order valence-corrected chi connectivity index (χ0v) is 17.0. The summed E-state index contributed by atoms with van der Waals surface area (Å²) < 4.78 is 10.2. The van der Waals surface area contributed by atoms with Gasteiger partial charge in [-0.2, -0.15) is 0 Å². The van der Waals surface area contributed by atoms with E-state index in [-0.39, 0.29) is 19.6 Å². The van der Waals surface area contributed by atoms with E-state index in [2.05, 4.69) is 0 Å². The fourth-order valence-electron chi connectivity index (χ4n) is 4.18. The van der Waals surface area contributed by atoms with E-state index in [9.17, 15) is 19.2 Å². The molecule has 2 aliphatic heterocycles. The van der Waals surface area contributed by atoms with Crippen molar-refractivity contribution in [3.8, 4) is 0 Å². The second kappa shape index (κ2) is 8.59. The quantitative estimate of drug-likeness (QED) is 0.543. The minimum absolute atomic E-state index is 0.0821. The second-order valence-electron chi connectivity index (χ2n) is 7.46. The molecule has 0 aromatic heterocycles. The molecule has 0 saturated carbocycles. The number of methoxy groups -OCH3 is 1. The number of carbonyl (C=O) groups excluding carboxylic acids is 4. The second-order valence-corrected chi connectivity index (χ2v) is 7.46. The molecule has 0 aliphatic carbocycles. The molecule has 1 saturated heterocycles. The first-order valence-corrected chi connectivity index (χ1v) is 10.0. The van der Waals surface area contributed by atoms with Gasteiger partial charge in [-0.05, 0) is 24.1 Å². The number of nitrogens with zero attached hydrogens (tertiary/aromatic N) is 2. The summed E-state index contributed by atoms with van der Waals surface area (Å²) in [7, 11) is 1.26. The fraction of sp³-hybridized carbons (Fsp3) is 0.304. The number of carbonyl (C=O) groups is 4. The van der Waals surface area contributed by atoms with Gasteiger partial charge in [-0.1, -0.05) is 42.5 Å². The molecular formula is C23H22N2O6. The van der Waals surface area contributed by atoms with E-state index >= 15 is 0 Å². The number of benzene rings is 2. The van der Waals surface area contributed by atoms with Crippen LogP contribution in [-0.4, -0.2) is 59.4 Å². The van der Waals surface area contributed by atoms with Gasteiger partial charge in [-0.3, -0.25) is 19.3 Å². The van der Waals surface area contributed by atoms with Crippen LogP contribution >= 0.6 is 0 Å². The lowest BCUT2D eigenvalue weighted by molar-refractivity contribution is -0.142. The molecule has 0 radical (unpaired) electrons. The summed E-state index contributed by atoms with van der Waals surface area (Å²) in [6.45, 7) is 0.339. The number of hydrogen-bond acceptors (Lipinski definition) is 6. The lowest BCUT2D eigenvalue weighted by Gasteiger charge is -2.31. The highest BCUT2D eigenvalue weighted by atomic mass is 16.6. The smallest absolute Gasteiger partial charge is 0.410 e. The van der Waals surface area contributed by atoms with Crippen LogP contribution in [-0.2, 0) is 20.9 Å². The van der Waals surface area contributed by atoms with Crippen molar-refractivity contribution in [1.29, 1.82) is 0 Å². The summed E-state index contributed by atoms with van der Waals surface area (Å²) in [5, 5.41) is 0.